The molecule has 0 bridgehead atoms. The van der Waals surface area contributed by atoms with Crippen LogP contribution >= 0.6 is 11.6 Å². The fourth-order valence-electron chi connectivity index (χ4n) is 2.61. The maximum absolute atomic E-state index is 12.6. The Balaban J connectivity index is 1.72. The summed E-state index contributed by atoms with van der Waals surface area (Å²) in [5, 5.41) is 17.8. The summed E-state index contributed by atoms with van der Waals surface area (Å²) >= 11 is 6.53. The quantitative estimate of drug-likeness (QED) is 0.731. The molecule has 134 valence electrons. The molecule has 1 aliphatic rings. The van der Waals surface area contributed by atoms with Gasteiger partial charge in [0, 0.05) is 19.0 Å². The minimum absolute atomic E-state index is 0.209. The maximum Gasteiger partial charge on any atom is 0.259 e. The highest BCUT2D eigenvalue weighted by molar-refractivity contribution is 6.37. The number of carbonyl (C=O) groups excluding carboxylic acids is 1. The molecule has 1 fully saturated rings. The average Bonchev–Trinajstić information content (AvgIpc) is 3.24. The molecular weight excluding hydrogens is 360 g/mol. The molecule has 0 unspecified atom stereocenters. The lowest BCUT2D eigenvalue weighted by molar-refractivity contribution is 0.102. The molecule has 2 aromatic heterocycles. The van der Waals surface area contributed by atoms with E-state index >= 15 is 0 Å². The Labute approximate surface area is 153 Å². The third-order valence-corrected chi connectivity index (χ3v) is 4.57. The smallest absolute Gasteiger partial charge is 0.259 e. The first-order valence-electron chi connectivity index (χ1n) is 7.95. The van der Waals surface area contributed by atoms with Gasteiger partial charge in [0.05, 0.1) is 23.3 Å². The van der Waals surface area contributed by atoms with Gasteiger partial charge in [-0.2, -0.15) is 0 Å². The van der Waals surface area contributed by atoms with Crippen molar-refractivity contribution in [1.29, 1.82) is 0 Å². The van der Waals surface area contributed by atoms with Crippen LogP contribution < -0.4 is 10.1 Å². The molecule has 10 heteroatoms. The van der Waals surface area contributed by atoms with Crippen molar-refractivity contribution in [3.8, 4) is 17.0 Å². The standard InChI is InChI=1S/C16H15ClN6O3/c1-23-16(19-21-22-23)18-15(24)9-5-6-11(25-2)13(14(9)17)10-7-12(26-20-10)8-3-4-8/h5-8H,3-4H2,1-2H3,(H,18,19,22,24). The van der Waals surface area contributed by atoms with Crippen molar-refractivity contribution in [2.45, 2.75) is 18.8 Å². The number of nitrogens with one attached hydrogen (secondary N) is 1. The Hall–Kier alpha value is -2.94. The number of ether oxygens (including phenoxy) is 1. The monoisotopic (exact) mass is 374 g/mol. The summed E-state index contributed by atoms with van der Waals surface area (Å²) in [5.41, 5.74) is 1.29. The molecule has 0 aliphatic heterocycles. The van der Waals surface area contributed by atoms with Crippen LogP contribution in [0.2, 0.25) is 5.02 Å². The molecule has 1 aromatic carbocycles. The second-order valence-corrected chi connectivity index (χ2v) is 6.35. The van der Waals surface area contributed by atoms with Crippen molar-refractivity contribution in [1.82, 2.24) is 25.4 Å². The first-order valence-corrected chi connectivity index (χ1v) is 8.33. The van der Waals surface area contributed by atoms with Crippen LogP contribution in [0.25, 0.3) is 11.3 Å². The summed E-state index contributed by atoms with van der Waals surface area (Å²) < 4.78 is 12.1. The molecule has 3 aromatic rings. The Bertz CT molecular complexity index is 978. The molecule has 1 saturated carbocycles. The van der Waals surface area contributed by atoms with Crippen LogP contribution in [0.4, 0.5) is 5.95 Å². The van der Waals surface area contributed by atoms with Gasteiger partial charge in [0.15, 0.2) is 0 Å². The van der Waals surface area contributed by atoms with E-state index in [1.165, 1.54) is 11.8 Å². The van der Waals surface area contributed by atoms with Crippen LogP contribution in [-0.2, 0) is 7.05 Å². The van der Waals surface area contributed by atoms with E-state index in [2.05, 4.69) is 26.0 Å². The molecule has 0 atom stereocenters. The van der Waals surface area contributed by atoms with E-state index in [4.69, 9.17) is 20.9 Å². The number of halogens is 1. The number of aromatic nitrogens is 5. The van der Waals surface area contributed by atoms with Gasteiger partial charge in [-0.1, -0.05) is 21.9 Å². The van der Waals surface area contributed by atoms with Crippen LogP contribution in [0.15, 0.2) is 22.7 Å². The molecule has 9 nitrogen and oxygen atoms in total. The largest absolute Gasteiger partial charge is 0.496 e. The number of benzene rings is 1. The molecule has 1 N–H and O–H groups in total. The van der Waals surface area contributed by atoms with E-state index in [0.717, 1.165) is 18.6 Å². The molecule has 4 rings (SSSR count). The average molecular weight is 375 g/mol. The zero-order chi connectivity index (χ0) is 18.3. The predicted molar refractivity (Wildman–Crippen MR) is 92.2 cm³/mol. The Morgan fingerprint density at radius 1 is 1.42 bits per heavy atom. The van der Waals surface area contributed by atoms with Gasteiger partial charge in [-0.25, -0.2) is 4.68 Å². The summed E-state index contributed by atoms with van der Waals surface area (Å²) in [6.07, 6.45) is 2.18. The van der Waals surface area contributed by atoms with E-state index in [0.29, 0.717) is 22.9 Å². The first-order chi connectivity index (χ1) is 12.6. The second-order valence-electron chi connectivity index (χ2n) is 5.97. The lowest BCUT2D eigenvalue weighted by Gasteiger charge is -2.12. The predicted octanol–water partition coefficient (Wildman–Crippen LogP) is 2.66. The zero-order valence-corrected chi connectivity index (χ0v) is 14.8. The Kier molecular flexibility index (Phi) is 4.08. The second kappa shape index (κ2) is 6.41. The summed E-state index contributed by atoms with van der Waals surface area (Å²) in [6.45, 7) is 0. The van der Waals surface area contributed by atoms with Crippen molar-refractivity contribution in [2.24, 2.45) is 7.05 Å². The van der Waals surface area contributed by atoms with E-state index in [1.54, 1.807) is 19.2 Å². The number of anilines is 1. The van der Waals surface area contributed by atoms with E-state index in [1.807, 2.05) is 6.07 Å². The van der Waals surface area contributed by atoms with Crippen molar-refractivity contribution in [2.75, 3.05) is 12.4 Å². The van der Waals surface area contributed by atoms with Gasteiger partial charge < -0.3 is 9.26 Å². The van der Waals surface area contributed by atoms with Crippen molar-refractivity contribution >= 4 is 23.5 Å². The minimum atomic E-state index is -0.442. The molecule has 1 aliphatic carbocycles. The summed E-state index contributed by atoms with van der Waals surface area (Å²) in [4.78, 5) is 12.6. The number of nitrogens with zero attached hydrogens (tertiary/aromatic N) is 5. The zero-order valence-electron chi connectivity index (χ0n) is 14.1. The number of tetrazole rings is 1. The van der Waals surface area contributed by atoms with Gasteiger partial charge in [0.1, 0.15) is 17.2 Å². The summed E-state index contributed by atoms with van der Waals surface area (Å²) in [6, 6.07) is 5.08. The van der Waals surface area contributed by atoms with Crippen molar-refractivity contribution in [3.63, 3.8) is 0 Å². The number of amides is 1. The van der Waals surface area contributed by atoms with Crippen molar-refractivity contribution in [3.05, 3.63) is 34.5 Å². The fourth-order valence-corrected chi connectivity index (χ4v) is 2.95. The maximum atomic E-state index is 12.6. The van der Waals surface area contributed by atoms with Gasteiger partial charge in [0.2, 0.25) is 5.95 Å². The molecule has 2 heterocycles. The highest BCUT2D eigenvalue weighted by atomic mass is 35.5. The fraction of sp³-hybridized carbons (Fsp3) is 0.312. The highest BCUT2D eigenvalue weighted by Gasteiger charge is 2.29. The normalized spacial score (nSPS) is 13.7. The van der Waals surface area contributed by atoms with E-state index in [-0.39, 0.29) is 16.5 Å². The minimum Gasteiger partial charge on any atom is -0.496 e. The molecular formula is C16H15ClN6O3. The highest BCUT2D eigenvalue weighted by Crippen LogP contribution is 2.44. The molecule has 26 heavy (non-hydrogen) atoms. The van der Waals surface area contributed by atoms with Gasteiger partial charge >= 0.3 is 0 Å². The first kappa shape index (κ1) is 16.5. The van der Waals surface area contributed by atoms with Crippen LogP contribution in [0.1, 0.15) is 34.9 Å². The molecule has 0 spiro atoms. The van der Waals surface area contributed by atoms with Gasteiger partial charge in [-0.15, -0.1) is 0 Å². The van der Waals surface area contributed by atoms with E-state index < -0.39 is 5.91 Å². The number of hydrogen-bond acceptors (Lipinski definition) is 7. The topological polar surface area (TPSA) is 108 Å². The lowest BCUT2D eigenvalue weighted by Crippen LogP contribution is -2.16. The number of methoxy groups -OCH3 is 1. The SMILES string of the molecule is COc1ccc(C(=O)Nc2nnnn2C)c(Cl)c1-c1cc(C2CC2)on1. The summed E-state index contributed by atoms with van der Waals surface area (Å²) in [7, 11) is 3.15. The Morgan fingerprint density at radius 2 is 2.23 bits per heavy atom. The lowest BCUT2D eigenvalue weighted by atomic mass is 10.0. The van der Waals surface area contributed by atoms with E-state index in [9.17, 15) is 4.79 Å². The third-order valence-electron chi connectivity index (χ3n) is 4.18. The third kappa shape index (κ3) is 2.90. The number of rotatable bonds is 5. The van der Waals surface area contributed by atoms with Crippen LogP contribution in [0.5, 0.6) is 5.75 Å². The van der Waals surface area contributed by atoms with Gasteiger partial charge in [-0.05, 0) is 35.4 Å². The van der Waals surface area contributed by atoms with Crippen LogP contribution in [0, 0.1) is 0 Å². The molecule has 0 radical (unpaired) electrons. The number of hydrogen-bond donors (Lipinski definition) is 1. The van der Waals surface area contributed by atoms with Crippen LogP contribution in [0.3, 0.4) is 0 Å². The van der Waals surface area contributed by atoms with Gasteiger partial charge in [0.25, 0.3) is 5.91 Å². The Morgan fingerprint density at radius 3 is 2.88 bits per heavy atom. The molecule has 0 saturated heterocycles. The summed E-state index contributed by atoms with van der Waals surface area (Å²) in [5.74, 6) is 1.50. The number of aryl methyl sites for hydroxylation is 1. The van der Waals surface area contributed by atoms with Crippen molar-refractivity contribution < 1.29 is 14.1 Å². The number of carbonyl (C=O) groups is 1. The molecule has 1 amide bonds. The van der Waals surface area contributed by atoms with Crippen LogP contribution in [-0.4, -0.2) is 38.4 Å². The van der Waals surface area contributed by atoms with Gasteiger partial charge in [-0.3, -0.25) is 10.1 Å².